The molecular weight excluding hydrogens is 408 g/mol. The van der Waals surface area contributed by atoms with Crippen molar-refractivity contribution in [2.75, 3.05) is 0 Å². The number of carboxylic acid groups (broad SMARTS) is 1. The molecular formula is C20H38N4O7. The molecule has 11 heteroatoms. The number of aliphatic hydroxyl groups is 2. The molecule has 3 amide bonds. The highest BCUT2D eigenvalue weighted by molar-refractivity contribution is 5.94. The lowest BCUT2D eigenvalue weighted by Gasteiger charge is -2.29. The van der Waals surface area contributed by atoms with Crippen LogP contribution in [0.3, 0.4) is 0 Å². The van der Waals surface area contributed by atoms with Gasteiger partial charge in [0.25, 0.3) is 0 Å². The Morgan fingerprint density at radius 3 is 1.58 bits per heavy atom. The number of carbonyl (C=O) groups is 4. The van der Waals surface area contributed by atoms with Crippen molar-refractivity contribution in [2.24, 2.45) is 17.6 Å². The van der Waals surface area contributed by atoms with E-state index in [1.165, 1.54) is 13.8 Å². The Bertz CT molecular complexity index is 625. The molecule has 11 nitrogen and oxygen atoms in total. The molecule has 7 atom stereocenters. The van der Waals surface area contributed by atoms with Crippen molar-refractivity contribution in [3.8, 4) is 0 Å². The maximum absolute atomic E-state index is 12.8. The van der Waals surface area contributed by atoms with E-state index in [4.69, 9.17) is 5.73 Å². The van der Waals surface area contributed by atoms with Crippen molar-refractivity contribution >= 4 is 23.7 Å². The van der Waals surface area contributed by atoms with Crippen molar-refractivity contribution in [3.63, 3.8) is 0 Å². The quantitative estimate of drug-likeness (QED) is 0.182. The Hall–Kier alpha value is -2.24. The third-order valence-electron chi connectivity index (χ3n) is 4.96. The van der Waals surface area contributed by atoms with Gasteiger partial charge in [-0.15, -0.1) is 0 Å². The number of amides is 3. The molecule has 0 aliphatic heterocycles. The molecule has 0 rings (SSSR count). The predicted molar refractivity (Wildman–Crippen MR) is 114 cm³/mol. The minimum absolute atomic E-state index is 0.147. The predicted octanol–water partition coefficient (Wildman–Crippen LogP) is -1.29. The van der Waals surface area contributed by atoms with E-state index in [1.54, 1.807) is 13.8 Å². The van der Waals surface area contributed by atoms with Gasteiger partial charge in [0.05, 0.1) is 18.2 Å². The molecule has 0 spiro atoms. The highest BCUT2D eigenvalue weighted by Gasteiger charge is 2.35. The molecule has 0 aromatic rings. The molecule has 7 unspecified atom stereocenters. The largest absolute Gasteiger partial charge is 0.480 e. The van der Waals surface area contributed by atoms with Crippen LogP contribution in [0, 0.1) is 11.8 Å². The van der Waals surface area contributed by atoms with E-state index in [2.05, 4.69) is 16.0 Å². The standard InChI is InChI=1S/C20H38N4O7/c1-7-10(4)14(18(28)24-16(12(6)26)20(30)31)22-19(29)15(11(5)25)23-17(27)13(21)8-9(2)3/h9-16,25-26H,7-8,21H2,1-6H3,(H,22,29)(H,23,27)(H,24,28)(H,30,31). The molecule has 0 aliphatic carbocycles. The van der Waals surface area contributed by atoms with Gasteiger partial charge in [0, 0.05) is 0 Å². The van der Waals surface area contributed by atoms with Crippen LogP contribution >= 0.6 is 0 Å². The van der Waals surface area contributed by atoms with Gasteiger partial charge in [0.15, 0.2) is 6.04 Å². The number of carboxylic acids is 1. The van der Waals surface area contributed by atoms with Gasteiger partial charge in [-0.3, -0.25) is 14.4 Å². The van der Waals surface area contributed by atoms with Gasteiger partial charge in [-0.2, -0.15) is 0 Å². The fourth-order valence-corrected chi connectivity index (χ4v) is 2.86. The molecule has 0 aliphatic rings. The molecule has 0 saturated heterocycles. The second kappa shape index (κ2) is 13.2. The first-order valence-corrected chi connectivity index (χ1v) is 10.5. The average molecular weight is 447 g/mol. The van der Waals surface area contributed by atoms with Gasteiger partial charge in [0.2, 0.25) is 17.7 Å². The van der Waals surface area contributed by atoms with Gasteiger partial charge in [0.1, 0.15) is 12.1 Å². The lowest BCUT2D eigenvalue weighted by Crippen LogP contribution is -2.61. The van der Waals surface area contributed by atoms with Crippen LogP contribution in [0.2, 0.25) is 0 Å². The lowest BCUT2D eigenvalue weighted by molar-refractivity contribution is -0.145. The Balaban J connectivity index is 5.47. The number of rotatable bonds is 13. The molecule has 31 heavy (non-hydrogen) atoms. The van der Waals surface area contributed by atoms with E-state index >= 15 is 0 Å². The van der Waals surface area contributed by atoms with Crippen molar-refractivity contribution in [1.29, 1.82) is 0 Å². The summed E-state index contributed by atoms with van der Waals surface area (Å²) in [4.78, 5) is 49.0. The smallest absolute Gasteiger partial charge is 0.328 e. The van der Waals surface area contributed by atoms with Crippen LogP contribution < -0.4 is 21.7 Å². The van der Waals surface area contributed by atoms with Crippen LogP contribution in [0.25, 0.3) is 0 Å². The van der Waals surface area contributed by atoms with E-state index in [0.29, 0.717) is 12.8 Å². The van der Waals surface area contributed by atoms with Gasteiger partial charge < -0.3 is 37.0 Å². The highest BCUT2D eigenvalue weighted by Crippen LogP contribution is 2.10. The molecule has 0 radical (unpaired) electrons. The topological polar surface area (TPSA) is 191 Å². The van der Waals surface area contributed by atoms with Crippen molar-refractivity contribution < 1.29 is 34.5 Å². The van der Waals surface area contributed by atoms with Crippen molar-refractivity contribution in [1.82, 2.24) is 16.0 Å². The normalized spacial score (nSPS) is 18.1. The minimum atomic E-state index is -1.56. The maximum atomic E-state index is 12.8. The number of aliphatic carboxylic acids is 1. The first-order valence-electron chi connectivity index (χ1n) is 10.5. The number of hydrogen-bond acceptors (Lipinski definition) is 7. The molecule has 0 fully saturated rings. The van der Waals surface area contributed by atoms with Crippen LogP contribution in [0.1, 0.15) is 54.4 Å². The molecule has 8 N–H and O–H groups in total. The minimum Gasteiger partial charge on any atom is -0.480 e. The zero-order chi connectivity index (χ0) is 24.5. The van der Waals surface area contributed by atoms with Crippen LogP contribution in [0.5, 0.6) is 0 Å². The summed E-state index contributed by atoms with van der Waals surface area (Å²) in [7, 11) is 0. The monoisotopic (exact) mass is 446 g/mol. The Labute approximate surface area is 183 Å². The number of carbonyl (C=O) groups excluding carboxylic acids is 3. The molecule has 0 bridgehead atoms. The third kappa shape index (κ3) is 9.62. The van der Waals surface area contributed by atoms with Gasteiger partial charge >= 0.3 is 5.97 Å². The summed E-state index contributed by atoms with van der Waals surface area (Å²) >= 11 is 0. The second-order valence-electron chi connectivity index (χ2n) is 8.40. The Kier molecular flexibility index (Phi) is 12.3. The molecule has 180 valence electrons. The van der Waals surface area contributed by atoms with E-state index in [9.17, 15) is 34.5 Å². The highest BCUT2D eigenvalue weighted by atomic mass is 16.4. The number of nitrogens with two attached hydrogens (primary N) is 1. The van der Waals surface area contributed by atoms with Crippen LogP contribution in [-0.4, -0.2) is 75.4 Å². The average Bonchev–Trinajstić information content (AvgIpc) is 2.65. The van der Waals surface area contributed by atoms with E-state index < -0.39 is 66.0 Å². The molecule has 0 aromatic carbocycles. The number of aliphatic hydroxyl groups excluding tert-OH is 2. The van der Waals surface area contributed by atoms with Gasteiger partial charge in [-0.1, -0.05) is 34.1 Å². The van der Waals surface area contributed by atoms with Crippen LogP contribution in [0.15, 0.2) is 0 Å². The molecule has 0 saturated carbocycles. The van der Waals surface area contributed by atoms with Gasteiger partial charge in [-0.25, -0.2) is 4.79 Å². The summed E-state index contributed by atoms with van der Waals surface area (Å²) in [6, 6.07) is -4.94. The van der Waals surface area contributed by atoms with Gasteiger partial charge in [-0.05, 0) is 32.1 Å². The number of nitrogens with one attached hydrogen (secondary N) is 3. The summed E-state index contributed by atoms with van der Waals surface area (Å²) in [5, 5.41) is 35.9. The summed E-state index contributed by atoms with van der Waals surface area (Å²) < 4.78 is 0. The first kappa shape index (κ1) is 28.8. The van der Waals surface area contributed by atoms with E-state index in [-0.39, 0.29) is 5.92 Å². The van der Waals surface area contributed by atoms with E-state index in [0.717, 1.165) is 0 Å². The fourth-order valence-electron chi connectivity index (χ4n) is 2.86. The summed E-state index contributed by atoms with van der Waals surface area (Å²) in [5.74, 6) is -3.91. The van der Waals surface area contributed by atoms with Crippen LogP contribution in [0.4, 0.5) is 0 Å². The molecule has 0 aromatic heterocycles. The zero-order valence-electron chi connectivity index (χ0n) is 19.1. The summed E-state index contributed by atoms with van der Waals surface area (Å²) in [5.41, 5.74) is 5.83. The van der Waals surface area contributed by atoms with Crippen LogP contribution in [-0.2, 0) is 19.2 Å². The van der Waals surface area contributed by atoms with E-state index in [1.807, 2.05) is 13.8 Å². The number of hydrogen-bond donors (Lipinski definition) is 7. The van der Waals surface area contributed by atoms with Crippen molar-refractivity contribution in [2.45, 2.75) is 90.8 Å². The second-order valence-corrected chi connectivity index (χ2v) is 8.40. The van der Waals surface area contributed by atoms with Crippen molar-refractivity contribution in [3.05, 3.63) is 0 Å². The first-order chi connectivity index (χ1) is 14.2. The Morgan fingerprint density at radius 2 is 1.19 bits per heavy atom. The summed E-state index contributed by atoms with van der Waals surface area (Å²) in [6.07, 6.45) is -1.79. The molecule has 0 heterocycles. The fraction of sp³-hybridized carbons (Fsp3) is 0.800. The lowest BCUT2D eigenvalue weighted by atomic mass is 9.96. The third-order valence-corrected chi connectivity index (χ3v) is 4.96. The summed E-state index contributed by atoms with van der Waals surface area (Å²) in [6.45, 7) is 9.76. The SMILES string of the molecule is CCC(C)C(NC(=O)C(NC(=O)C(N)CC(C)C)C(C)O)C(=O)NC(C(=O)O)C(C)O. The Morgan fingerprint density at radius 1 is 0.774 bits per heavy atom. The zero-order valence-corrected chi connectivity index (χ0v) is 19.1. The maximum Gasteiger partial charge on any atom is 0.328 e.